The van der Waals surface area contributed by atoms with Crippen LogP contribution in [-0.2, 0) is 15.9 Å². The molecule has 0 radical (unpaired) electrons. The summed E-state index contributed by atoms with van der Waals surface area (Å²) in [6.07, 6.45) is 1.89. The summed E-state index contributed by atoms with van der Waals surface area (Å²) in [5.41, 5.74) is 0. The van der Waals surface area contributed by atoms with E-state index in [2.05, 4.69) is 4.72 Å². The molecule has 1 saturated carbocycles. The fourth-order valence-corrected chi connectivity index (χ4v) is 4.16. The Morgan fingerprint density at radius 1 is 1.57 bits per heavy atom. The standard InChI is InChI=1S/C8H10ClNO2S2/c9-5-7-8(3-4-13-7)14(11,12)10-6-1-2-6/h3-4,6,10H,1-2,5H2. The molecule has 0 saturated heterocycles. The van der Waals surface area contributed by atoms with Gasteiger partial charge in [-0.2, -0.15) is 0 Å². The molecule has 2 rings (SSSR count). The number of sulfonamides is 1. The van der Waals surface area contributed by atoms with Gasteiger partial charge in [0, 0.05) is 10.9 Å². The smallest absolute Gasteiger partial charge is 0.208 e. The molecule has 0 aromatic carbocycles. The van der Waals surface area contributed by atoms with E-state index in [9.17, 15) is 8.42 Å². The van der Waals surface area contributed by atoms with Crippen LogP contribution in [0.4, 0.5) is 0 Å². The summed E-state index contributed by atoms with van der Waals surface area (Å²) in [4.78, 5) is 1.05. The highest BCUT2D eigenvalue weighted by Crippen LogP contribution is 2.27. The zero-order chi connectivity index (χ0) is 10.2. The van der Waals surface area contributed by atoms with Crippen LogP contribution in [0.1, 0.15) is 17.7 Å². The zero-order valence-electron chi connectivity index (χ0n) is 7.36. The molecule has 0 bridgehead atoms. The maximum Gasteiger partial charge on any atom is 0.241 e. The van der Waals surface area contributed by atoms with Crippen LogP contribution >= 0.6 is 22.9 Å². The molecule has 0 unspecified atom stereocenters. The molecule has 0 spiro atoms. The predicted octanol–water partition coefficient (Wildman–Crippen LogP) is 1.93. The summed E-state index contributed by atoms with van der Waals surface area (Å²) >= 11 is 7.02. The second-order valence-electron chi connectivity index (χ2n) is 3.24. The van der Waals surface area contributed by atoms with E-state index in [0.29, 0.717) is 9.77 Å². The first-order chi connectivity index (χ1) is 6.63. The topological polar surface area (TPSA) is 46.2 Å². The van der Waals surface area contributed by atoms with Crippen molar-refractivity contribution in [1.82, 2.24) is 4.72 Å². The van der Waals surface area contributed by atoms with Crippen molar-refractivity contribution >= 4 is 33.0 Å². The third kappa shape index (κ3) is 2.11. The molecular weight excluding hydrogens is 242 g/mol. The van der Waals surface area contributed by atoms with Crippen LogP contribution in [0.25, 0.3) is 0 Å². The van der Waals surface area contributed by atoms with Crippen molar-refractivity contribution in [3.8, 4) is 0 Å². The molecule has 0 atom stereocenters. The first-order valence-electron chi connectivity index (χ1n) is 4.28. The predicted molar refractivity (Wildman–Crippen MR) is 57.2 cm³/mol. The van der Waals surface area contributed by atoms with Crippen molar-refractivity contribution in [2.45, 2.75) is 29.7 Å². The zero-order valence-corrected chi connectivity index (χ0v) is 9.75. The molecule has 1 fully saturated rings. The van der Waals surface area contributed by atoms with E-state index < -0.39 is 10.0 Å². The Morgan fingerprint density at radius 2 is 2.29 bits per heavy atom. The lowest BCUT2D eigenvalue weighted by Crippen LogP contribution is -2.25. The first kappa shape index (κ1) is 10.4. The van der Waals surface area contributed by atoms with E-state index in [1.54, 1.807) is 11.4 Å². The van der Waals surface area contributed by atoms with Crippen molar-refractivity contribution in [1.29, 1.82) is 0 Å². The molecule has 1 aromatic heterocycles. The highest BCUT2D eigenvalue weighted by Gasteiger charge is 2.29. The van der Waals surface area contributed by atoms with E-state index in [1.165, 1.54) is 11.3 Å². The van der Waals surface area contributed by atoms with Gasteiger partial charge in [0.2, 0.25) is 10.0 Å². The van der Waals surface area contributed by atoms with E-state index in [1.807, 2.05) is 0 Å². The van der Waals surface area contributed by atoms with Crippen molar-refractivity contribution in [3.05, 3.63) is 16.3 Å². The number of halogens is 1. The number of rotatable bonds is 4. The lowest BCUT2D eigenvalue weighted by molar-refractivity contribution is 0.581. The van der Waals surface area contributed by atoms with E-state index in [0.717, 1.165) is 12.8 Å². The molecule has 1 heterocycles. The van der Waals surface area contributed by atoms with Crippen molar-refractivity contribution in [2.24, 2.45) is 0 Å². The monoisotopic (exact) mass is 251 g/mol. The average molecular weight is 252 g/mol. The normalized spacial score (nSPS) is 17.2. The molecule has 3 nitrogen and oxygen atoms in total. The Labute approximate surface area is 92.1 Å². The minimum atomic E-state index is -3.32. The third-order valence-corrected chi connectivity index (χ3v) is 5.10. The van der Waals surface area contributed by atoms with Gasteiger partial charge in [0.05, 0.1) is 10.8 Å². The Hall–Kier alpha value is -0.100. The SMILES string of the molecule is O=S(=O)(NC1CC1)c1ccsc1CCl. The molecule has 1 aliphatic rings. The van der Waals surface area contributed by atoms with Gasteiger partial charge in [-0.3, -0.25) is 0 Å². The second-order valence-corrected chi connectivity index (χ2v) is 6.19. The minimum absolute atomic E-state index is 0.142. The van der Waals surface area contributed by atoms with Crippen molar-refractivity contribution < 1.29 is 8.42 Å². The van der Waals surface area contributed by atoms with Gasteiger partial charge in [-0.25, -0.2) is 13.1 Å². The number of thiophene rings is 1. The van der Waals surface area contributed by atoms with Crippen LogP contribution < -0.4 is 4.72 Å². The molecule has 1 N–H and O–H groups in total. The maximum atomic E-state index is 11.8. The fourth-order valence-electron chi connectivity index (χ4n) is 1.15. The lowest BCUT2D eigenvalue weighted by Gasteiger charge is -2.04. The highest BCUT2D eigenvalue weighted by atomic mass is 35.5. The van der Waals surface area contributed by atoms with Gasteiger partial charge in [-0.15, -0.1) is 22.9 Å². The van der Waals surface area contributed by atoms with Crippen LogP contribution in [0.5, 0.6) is 0 Å². The molecule has 0 amide bonds. The molecule has 0 aliphatic heterocycles. The molecule has 1 aromatic rings. The number of alkyl halides is 1. The van der Waals surface area contributed by atoms with E-state index >= 15 is 0 Å². The summed E-state index contributed by atoms with van der Waals surface area (Å²) < 4.78 is 26.1. The molecule has 78 valence electrons. The van der Waals surface area contributed by atoms with Gasteiger partial charge in [0.25, 0.3) is 0 Å². The van der Waals surface area contributed by atoms with Crippen molar-refractivity contribution in [3.63, 3.8) is 0 Å². The lowest BCUT2D eigenvalue weighted by atomic mass is 10.5. The fraction of sp³-hybridized carbons (Fsp3) is 0.500. The summed E-state index contributed by atoms with van der Waals surface area (Å²) in [5.74, 6) is 0.249. The van der Waals surface area contributed by atoms with Crippen molar-refractivity contribution in [2.75, 3.05) is 0 Å². The largest absolute Gasteiger partial charge is 0.241 e. The number of hydrogen-bond acceptors (Lipinski definition) is 3. The molecule has 1 aliphatic carbocycles. The summed E-state index contributed by atoms with van der Waals surface area (Å²) in [6.45, 7) is 0. The Balaban J connectivity index is 2.27. The number of hydrogen-bond donors (Lipinski definition) is 1. The first-order valence-corrected chi connectivity index (χ1v) is 7.18. The maximum absolute atomic E-state index is 11.8. The van der Waals surface area contributed by atoms with Crippen LogP contribution in [-0.4, -0.2) is 14.5 Å². The van der Waals surface area contributed by atoms with Gasteiger partial charge in [0.1, 0.15) is 0 Å². The van der Waals surface area contributed by atoms with Gasteiger partial charge < -0.3 is 0 Å². The van der Waals surface area contributed by atoms with Gasteiger partial charge in [0.15, 0.2) is 0 Å². The Bertz CT molecular complexity index is 422. The molecule has 6 heteroatoms. The molecular formula is C8H10ClNO2S2. The van der Waals surface area contributed by atoms with Gasteiger partial charge in [-0.05, 0) is 24.3 Å². The van der Waals surface area contributed by atoms with Crippen LogP contribution in [0, 0.1) is 0 Å². The summed E-state index contributed by atoms with van der Waals surface area (Å²) in [5, 5.41) is 1.75. The van der Waals surface area contributed by atoms with Crippen LogP contribution in [0.3, 0.4) is 0 Å². The minimum Gasteiger partial charge on any atom is -0.208 e. The third-order valence-electron chi connectivity index (χ3n) is 2.01. The van der Waals surface area contributed by atoms with Gasteiger partial charge >= 0.3 is 0 Å². The highest BCUT2D eigenvalue weighted by molar-refractivity contribution is 7.89. The van der Waals surface area contributed by atoms with E-state index in [4.69, 9.17) is 11.6 Å². The van der Waals surface area contributed by atoms with Crippen LogP contribution in [0.15, 0.2) is 16.3 Å². The average Bonchev–Trinajstić information content (AvgIpc) is 2.80. The summed E-state index contributed by atoms with van der Waals surface area (Å²) in [6, 6.07) is 1.75. The molecule has 14 heavy (non-hydrogen) atoms. The number of nitrogens with one attached hydrogen (secondary N) is 1. The Morgan fingerprint density at radius 3 is 2.86 bits per heavy atom. The quantitative estimate of drug-likeness (QED) is 0.832. The van der Waals surface area contributed by atoms with E-state index in [-0.39, 0.29) is 11.9 Å². The second kappa shape index (κ2) is 3.81. The Kier molecular flexibility index (Phi) is 2.83. The summed E-state index contributed by atoms with van der Waals surface area (Å²) in [7, 11) is -3.32. The van der Waals surface area contributed by atoms with Gasteiger partial charge in [-0.1, -0.05) is 0 Å². The van der Waals surface area contributed by atoms with Crippen LogP contribution in [0.2, 0.25) is 0 Å².